The van der Waals surface area contributed by atoms with E-state index in [0.29, 0.717) is 5.56 Å². The molecular formula is C16H20INO3. The lowest BCUT2D eigenvalue weighted by molar-refractivity contribution is -0.140. The van der Waals surface area contributed by atoms with Crippen molar-refractivity contribution in [3.63, 3.8) is 0 Å². The van der Waals surface area contributed by atoms with Gasteiger partial charge in [-0.1, -0.05) is 6.07 Å². The van der Waals surface area contributed by atoms with Crippen molar-refractivity contribution in [2.24, 2.45) is 0 Å². The lowest BCUT2D eigenvalue weighted by atomic mass is 9.97. The summed E-state index contributed by atoms with van der Waals surface area (Å²) < 4.78 is 6.13. The third-order valence-electron chi connectivity index (χ3n) is 3.87. The largest absolute Gasteiger partial charge is 0.452 e. The Bertz CT molecular complexity index is 522. The van der Waals surface area contributed by atoms with E-state index in [1.165, 1.54) is 0 Å². The monoisotopic (exact) mass is 401 g/mol. The summed E-state index contributed by atoms with van der Waals surface area (Å²) >= 11 is 2.14. The summed E-state index contributed by atoms with van der Waals surface area (Å²) in [5.41, 5.74) is 0.481. The molecule has 1 heterocycles. The molecule has 5 heteroatoms. The molecule has 1 amide bonds. The average molecular weight is 401 g/mol. The molecule has 114 valence electrons. The molecule has 4 nitrogen and oxygen atoms in total. The van der Waals surface area contributed by atoms with E-state index in [0.717, 1.165) is 22.8 Å². The second-order valence-electron chi connectivity index (χ2n) is 5.52. The molecule has 21 heavy (non-hydrogen) atoms. The van der Waals surface area contributed by atoms with Crippen LogP contribution < -0.4 is 0 Å². The van der Waals surface area contributed by atoms with Gasteiger partial charge in [-0.05, 0) is 73.9 Å². The fourth-order valence-corrected chi connectivity index (χ4v) is 3.36. The van der Waals surface area contributed by atoms with Crippen LogP contribution in [0.5, 0.6) is 0 Å². The van der Waals surface area contributed by atoms with Crippen LogP contribution in [0, 0.1) is 3.57 Å². The highest BCUT2D eigenvalue weighted by molar-refractivity contribution is 14.1. The van der Waals surface area contributed by atoms with Gasteiger partial charge in [-0.15, -0.1) is 0 Å². The molecule has 1 aliphatic rings. The third kappa shape index (κ3) is 4.18. The molecule has 1 aliphatic heterocycles. The first-order chi connectivity index (χ1) is 9.99. The number of ether oxygens (including phenoxy) is 1. The highest BCUT2D eigenvalue weighted by Gasteiger charge is 2.29. The summed E-state index contributed by atoms with van der Waals surface area (Å²) in [7, 11) is 0. The Morgan fingerprint density at radius 2 is 1.95 bits per heavy atom. The number of hydrogen-bond acceptors (Lipinski definition) is 3. The average Bonchev–Trinajstić information content (AvgIpc) is 2.44. The van der Waals surface area contributed by atoms with Gasteiger partial charge < -0.3 is 9.64 Å². The number of likely N-dealkylation sites (tertiary alicyclic amines) is 1. The van der Waals surface area contributed by atoms with Crippen LogP contribution in [0.25, 0.3) is 0 Å². The molecule has 0 N–H and O–H groups in total. The molecule has 0 radical (unpaired) electrons. The van der Waals surface area contributed by atoms with Crippen molar-refractivity contribution in [2.75, 3.05) is 6.61 Å². The van der Waals surface area contributed by atoms with E-state index in [1.54, 1.807) is 18.2 Å². The second kappa shape index (κ2) is 7.24. The zero-order valence-electron chi connectivity index (χ0n) is 12.3. The van der Waals surface area contributed by atoms with E-state index in [1.807, 2.05) is 11.0 Å². The zero-order chi connectivity index (χ0) is 15.4. The number of halogens is 1. The van der Waals surface area contributed by atoms with Gasteiger partial charge in [0.25, 0.3) is 5.91 Å². The summed E-state index contributed by atoms with van der Waals surface area (Å²) in [6.07, 6.45) is 3.18. The van der Waals surface area contributed by atoms with Gasteiger partial charge in [0.1, 0.15) is 0 Å². The van der Waals surface area contributed by atoms with Crippen LogP contribution in [0.1, 0.15) is 43.5 Å². The maximum absolute atomic E-state index is 12.3. The number of carbonyl (C=O) groups excluding carboxylic acids is 2. The zero-order valence-corrected chi connectivity index (χ0v) is 14.5. The predicted octanol–water partition coefficient (Wildman–Crippen LogP) is 3.24. The SMILES string of the molecule is CC1CCCC(C)N1C(=O)COC(=O)c1cccc(I)c1. The Kier molecular flexibility index (Phi) is 5.61. The number of carbonyl (C=O) groups is 2. The number of rotatable bonds is 3. The molecule has 0 aromatic heterocycles. The normalized spacial score (nSPS) is 22.0. The van der Waals surface area contributed by atoms with Crippen molar-refractivity contribution in [3.05, 3.63) is 33.4 Å². The van der Waals surface area contributed by atoms with E-state index in [-0.39, 0.29) is 24.6 Å². The van der Waals surface area contributed by atoms with Gasteiger partial charge in [0, 0.05) is 15.7 Å². The number of esters is 1. The lowest BCUT2D eigenvalue weighted by Gasteiger charge is -2.38. The maximum atomic E-state index is 12.3. The van der Waals surface area contributed by atoms with Crippen molar-refractivity contribution in [1.82, 2.24) is 4.90 Å². The summed E-state index contributed by atoms with van der Waals surface area (Å²) in [6.45, 7) is 3.92. The van der Waals surface area contributed by atoms with Crippen LogP contribution in [0.3, 0.4) is 0 Å². The maximum Gasteiger partial charge on any atom is 0.338 e. The minimum Gasteiger partial charge on any atom is -0.452 e. The molecule has 0 saturated carbocycles. The molecule has 1 aromatic carbocycles. The molecule has 0 spiro atoms. The van der Waals surface area contributed by atoms with Gasteiger partial charge in [-0.2, -0.15) is 0 Å². The number of piperidine rings is 1. The Morgan fingerprint density at radius 1 is 1.29 bits per heavy atom. The van der Waals surface area contributed by atoms with E-state index >= 15 is 0 Å². The number of amides is 1. The van der Waals surface area contributed by atoms with Gasteiger partial charge in [0.15, 0.2) is 6.61 Å². The van der Waals surface area contributed by atoms with Crippen LogP contribution in [0.2, 0.25) is 0 Å². The first-order valence-corrected chi connectivity index (χ1v) is 8.30. The Morgan fingerprint density at radius 3 is 2.57 bits per heavy atom. The quantitative estimate of drug-likeness (QED) is 0.577. The van der Waals surface area contributed by atoms with Crippen molar-refractivity contribution in [3.8, 4) is 0 Å². The van der Waals surface area contributed by atoms with Crippen LogP contribution in [0.4, 0.5) is 0 Å². The first-order valence-electron chi connectivity index (χ1n) is 7.23. The van der Waals surface area contributed by atoms with Crippen molar-refractivity contribution >= 4 is 34.5 Å². The lowest BCUT2D eigenvalue weighted by Crippen LogP contribution is -2.49. The molecule has 1 aromatic rings. The van der Waals surface area contributed by atoms with Crippen LogP contribution >= 0.6 is 22.6 Å². The third-order valence-corrected chi connectivity index (χ3v) is 4.54. The van der Waals surface area contributed by atoms with Crippen molar-refractivity contribution in [1.29, 1.82) is 0 Å². The molecule has 2 rings (SSSR count). The van der Waals surface area contributed by atoms with Crippen LogP contribution in [0.15, 0.2) is 24.3 Å². The van der Waals surface area contributed by atoms with Gasteiger partial charge in [0.2, 0.25) is 0 Å². The second-order valence-corrected chi connectivity index (χ2v) is 6.76. The molecule has 2 unspecified atom stereocenters. The topological polar surface area (TPSA) is 46.6 Å². The molecule has 2 atom stereocenters. The molecule has 0 aliphatic carbocycles. The predicted molar refractivity (Wildman–Crippen MR) is 89.1 cm³/mol. The van der Waals surface area contributed by atoms with Crippen LogP contribution in [-0.4, -0.2) is 35.5 Å². The Labute approximate surface area is 139 Å². The summed E-state index contributed by atoms with van der Waals surface area (Å²) in [5, 5.41) is 0. The van der Waals surface area contributed by atoms with E-state index < -0.39 is 5.97 Å². The van der Waals surface area contributed by atoms with Gasteiger partial charge in [-0.3, -0.25) is 4.79 Å². The minimum absolute atomic E-state index is 0.103. The molecule has 1 fully saturated rings. The van der Waals surface area contributed by atoms with Crippen LogP contribution in [-0.2, 0) is 9.53 Å². The number of hydrogen-bond donors (Lipinski definition) is 0. The highest BCUT2D eigenvalue weighted by Crippen LogP contribution is 2.22. The van der Waals surface area contributed by atoms with Crippen molar-refractivity contribution in [2.45, 2.75) is 45.2 Å². The van der Waals surface area contributed by atoms with E-state index in [2.05, 4.69) is 36.4 Å². The number of benzene rings is 1. The fraction of sp³-hybridized carbons (Fsp3) is 0.500. The van der Waals surface area contributed by atoms with E-state index in [4.69, 9.17) is 4.74 Å². The Balaban J connectivity index is 1.93. The number of nitrogens with zero attached hydrogens (tertiary/aromatic N) is 1. The smallest absolute Gasteiger partial charge is 0.338 e. The minimum atomic E-state index is -0.445. The summed E-state index contributed by atoms with van der Waals surface area (Å²) in [6, 6.07) is 7.59. The van der Waals surface area contributed by atoms with Gasteiger partial charge >= 0.3 is 5.97 Å². The fourth-order valence-electron chi connectivity index (χ4n) is 2.81. The Hall–Kier alpha value is -1.11. The van der Waals surface area contributed by atoms with Crippen molar-refractivity contribution < 1.29 is 14.3 Å². The molecule has 0 bridgehead atoms. The first kappa shape index (κ1) is 16.3. The molecule has 1 saturated heterocycles. The summed E-state index contributed by atoms with van der Waals surface area (Å²) in [4.78, 5) is 26.1. The van der Waals surface area contributed by atoms with E-state index in [9.17, 15) is 9.59 Å². The summed E-state index contributed by atoms with van der Waals surface area (Å²) in [5.74, 6) is -0.548. The van der Waals surface area contributed by atoms with Gasteiger partial charge in [-0.25, -0.2) is 4.79 Å². The molecular weight excluding hydrogens is 381 g/mol. The highest BCUT2D eigenvalue weighted by atomic mass is 127. The van der Waals surface area contributed by atoms with Gasteiger partial charge in [0.05, 0.1) is 5.56 Å². The standard InChI is InChI=1S/C16H20INO3/c1-11-5-3-6-12(2)18(11)15(19)10-21-16(20)13-7-4-8-14(17)9-13/h4,7-9,11-12H,3,5-6,10H2,1-2H3.